The van der Waals surface area contributed by atoms with Gasteiger partial charge in [0.2, 0.25) is 0 Å². The van der Waals surface area contributed by atoms with Gasteiger partial charge >= 0.3 is 268 Å². The summed E-state index contributed by atoms with van der Waals surface area (Å²) in [5.41, 5.74) is 0. The molecule has 0 N–H and O–H groups in total. The fourth-order valence-corrected chi connectivity index (χ4v) is 23.4. The minimum absolute atomic E-state index is 1.37. The molecule has 0 spiro atoms. The Bertz CT molecular complexity index is 479. The molecule has 0 heterocycles. The maximum atomic E-state index is 3.12. The molecule has 2 heteroatoms. The summed E-state index contributed by atoms with van der Waals surface area (Å²) in [5, 5.41) is 0. The van der Waals surface area contributed by atoms with Crippen LogP contribution in [-0.2, 0) is 0 Å². The van der Waals surface area contributed by atoms with Crippen LogP contribution >= 0.6 is 0 Å². The Morgan fingerprint density at radius 1 is 0.267 bits per heavy atom. The van der Waals surface area contributed by atoms with Crippen LogP contribution in [0.3, 0.4) is 0 Å². The predicted molar refractivity (Wildman–Crippen MR) is 213 cm³/mol. The quantitative estimate of drug-likeness (QED) is 0.0448. The van der Waals surface area contributed by atoms with E-state index in [0.717, 1.165) is 0 Å². The van der Waals surface area contributed by atoms with Gasteiger partial charge in [-0.2, -0.15) is 0 Å². The van der Waals surface area contributed by atoms with E-state index in [9.17, 15) is 0 Å². The van der Waals surface area contributed by atoms with Crippen molar-refractivity contribution in [3.8, 4) is 0 Å². The van der Waals surface area contributed by atoms with Gasteiger partial charge in [-0.05, 0) is 0 Å². The van der Waals surface area contributed by atoms with Crippen LogP contribution in [0.4, 0.5) is 0 Å². The van der Waals surface area contributed by atoms with Gasteiger partial charge in [0.1, 0.15) is 0 Å². The fourth-order valence-electron chi connectivity index (χ4n) is 7.78. The van der Waals surface area contributed by atoms with Gasteiger partial charge in [0.25, 0.3) is 0 Å². The second-order valence-corrected chi connectivity index (χ2v) is 29.3. The summed E-state index contributed by atoms with van der Waals surface area (Å²) < 4.78 is 6.74. The zero-order chi connectivity index (χ0) is 32.9. The fraction of sp³-hybridized carbons (Fsp3) is 1.00. The number of nitrogens with zero attached hydrogens (tertiary/aromatic N) is 1. The van der Waals surface area contributed by atoms with E-state index in [1.54, 1.807) is 37.1 Å². The van der Waals surface area contributed by atoms with Gasteiger partial charge < -0.3 is 0 Å². The van der Waals surface area contributed by atoms with Crippen LogP contribution < -0.4 is 0 Å². The molecular weight excluding hydrogens is 649 g/mol. The van der Waals surface area contributed by atoms with Gasteiger partial charge in [-0.3, -0.25) is 0 Å². The zero-order valence-electron chi connectivity index (χ0n) is 32.8. The molecule has 0 aromatic rings. The number of unbranched alkanes of at least 4 members (excludes halogenated alkanes) is 27. The van der Waals surface area contributed by atoms with E-state index in [2.05, 4.69) is 39.5 Å². The predicted octanol–water partition coefficient (Wildman–Crippen LogP) is 15.9. The van der Waals surface area contributed by atoms with Crippen molar-refractivity contribution in [3.63, 3.8) is 0 Å². The first kappa shape index (κ1) is 45.8. The molecule has 0 amide bonds. The van der Waals surface area contributed by atoms with E-state index in [1.165, 1.54) is 199 Å². The van der Waals surface area contributed by atoms with Crippen LogP contribution in [0.25, 0.3) is 0 Å². The van der Waals surface area contributed by atoms with Crippen LogP contribution in [0.5, 0.6) is 0 Å². The summed E-state index contributed by atoms with van der Waals surface area (Å²) in [4.78, 5) is 3.12. The third-order valence-corrected chi connectivity index (χ3v) is 26.2. The van der Waals surface area contributed by atoms with E-state index >= 15 is 0 Å². The molecule has 0 aromatic heterocycles. The van der Waals surface area contributed by atoms with Crippen LogP contribution in [0.2, 0.25) is 13.3 Å². The third-order valence-electron chi connectivity index (χ3n) is 10.9. The van der Waals surface area contributed by atoms with Crippen molar-refractivity contribution in [1.29, 1.82) is 0 Å². The Hall–Kier alpha value is 0.759. The average Bonchev–Trinajstić information content (AvgIpc) is 3.05. The Kier molecular flexibility index (Phi) is 38.2. The SMILES string of the molecule is CCCCCCCCCCCCN(CCCCCCCCCCCC)[CH2][Sn]([CH2]CCCCC)([CH2]CCCCC)[CH2]CCCCC. The third kappa shape index (κ3) is 31.8. The summed E-state index contributed by atoms with van der Waals surface area (Å²) in [6, 6.07) is 0. The van der Waals surface area contributed by atoms with Crippen LogP contribution in [0, 0.1) is 0 Å². The standard InChI is InChI=1S/C25H52N.3C6H13.Sn/c1-4-6-8-10-12-14-16-18-20-22-24-26(3)25-23-21-19-17-15-13-11-9-7-5-2;3*1-3-5-6-4-2;/h3-25H2,1-2H3;3*1,3-6H2,2H3;. The van der Waals surface area contributed by atoms with Crippen molar-refractivity contribution >= 4 is 18.4 Å². The van der Waals surface area contributed by atoms with Crippen molar-refractivity contribution in [2.75, 3.05) is 17.7 Å². The molecule has 45 heavy (non-hydrogen) atoms. The minimum atomic E-state index is -2.23. The van der Waals surface area contributed by atoms with E-state index in [-0.39, 0.29) is 0 Å². The molecule has 0 aromatic carbocycles. The van der Waals surface area contributed by atoms with Gasteiger partial charge in [0, 0.05) is 0 Å². The Balaban J connectivity index is 5.15. The zero-order valence-corrected chi connectivity index (χ0v) is 35.7. The second kappa shape index (κ2) is 37.6. The molecule has 0 aliphatic heterocycles. The summed E-state index contributed by atoms with van der Waals surface area (Å²) >= 11 is -2.23. The second-order valence-electron chi connectivity index (χ2n) is 15.6. The molecule has 0 atom stereocenters. The summed E-state index contributed by atoms with van der Waals surface area (Å²) in [7, 11) is 0. The number of hydrogen-bond acceptors (Lipinski definition) is 1. The van der Waals surface area contributed by atoms with Crippen LogP contribution in [0.15, 0.2) is 0 Å². The maximum absolute atomic E-state index is 3.12. The van der Waals surface area contributed by atoms with Crippen molar-refractivity contribution in [2.45, 2.75) is 253 Å². The van der Waals surface area contributed by atoms with E-state index in [1.807, 2.05) is 0 Å². The van der Waals surface area contributed by atoms with E-state index in [0.29, 0.717) is 0 Å². The first-order valence-corrected chi connectivity index (χ1v) is 30.0. The first-order valence-electron chi connectivity index (χ1n) is 21.9. The number of hydrogen-bond donors (Lipinski definition) is 0. The first-order chi connectivity index (χ1) is 22.2. The number of rotatable bonds is 39. The summed E-state index contributed by atoms with van der Waals surface area (Å²) in [5.74, 6) is 0. The monoisotopic (exact) mass is 742 g/mol. The molecule has 0 radical (unpaired) electrons. The molecule has 0 unspecified atom stereocenters. The molecule has 0 saturated carbocycles. The van der Waals surface area contributed by atoms with Gasteiger partial charge in [-0.25, -0.2) is 0 Å². The van der Waals surface area contributed by atoms with Gasteiger partial charge in [0.15, 0.2) is 0 Å². The Morgan fingerprint density at radius 2 is 0.489 bits per heavy atom. The van der Waals surface area contributed by atoms with Gasteiger partial charge in [-0.1, -0.05) is 26.7 Å². The summed E-state index contributed by atoms with van der Waals surface area (Å²) in [6.07, 6.45) is 47.1. The van der Waals surface area contributed by atoms with E-state index in [4.69, 9.17) is 0 Å². The van der Waals surface area contributed by atoms with Gasteiger partial charge in [-0.15, -0.1) is 0 Å². The molecule has 272 valence electrons. The molecule has 0 bridgehead atoms. The van der Waals surface area contributed by atoms with Crippen molar-refractivity contribution in [3.05, 3.63) is 0 Å². The van der Waals surface area contributed by atoms with Crippen molar-refractivity contribution < 1.29 is 0 Å². The summed E-state index contributed by atoms with van der Waals surface area (Å²) in [6.45, 7) is 14.7. The topological polar surface area (TPSA) is 3.24 Å². The molecule has 0 saturated heterocycles. The van der Waals surface area contributed by atoms with Crippen molar-refractivity contribution in [2.24, 2.45) is 0 Å². The van der Waals surface area contributed by atoms with Crippen LogP contribution in [0.1, 0.15) is 240 Å². The molecule has 0 fully saturated rings. The van der Waals surface area contributed by atoms with Gasteiger partial charge in [0.05, 0.1) is 0 Å². The Labute approximate surface area is 292 Å². The normalized spacial score (nSPS) is 12.1. The molecule has 0 aliphatic carbocycles. The van der Waals surface area contributed by atoms with Crippen LogP contribution in [-0.4, -0.2) is 40.9 Å². The average molecular weight is 741 g/mol. The molecule has 1 nitrogen and oxygen atoms in total. The molecular formula is C43H91NSn. The molecule has 0 rings (SSSR count). The Morgan fingerprint density at radius 3 is 0.756 bits per heavy atom. The van der Waals surface area contributed by atoms with E-state index < -0.39 is 18.4 Å². The van der Waals surface area contributed by atoms with Crippen molar-refractivity contribution in [1.82, 2.24) is 4.90 Å². The molecule has 0 aliphatic rings.